The molecule has 0 aromatic heterocycles. The summed E-state index contributed by atoms with van der Waals surface area (Å²) in [6.07, 6.45) is 8.45. The van der Waals surface area contributed by atoms with Crippen LogP contribution in [0.5, 0.6) is 0 Å². The third kappa shape index (κ3) is 2.73. The Balaban J connectivity index is 1.59. The van der Waals surface area contributed by atoms with E-state index in [0.717, 1.165) is 18.0 Å². The van der Waals surface area contributed by atoms with Crippen LogP contribution in [0.1, 0.15) is 38.5 Å². The summed E-state index contributed by atoms with van der Waals surface area (Å²) in [6.45, 7) is 6.51. The molecule has 104 valence electrons. The molecule has 0 aliphatic carbocycles. The Bertz CT molecular complexity index is 260. The molecule has 3 aliphatic rings. The highest BCUT2D eigenvalue weighted by atomic mass is 15.2. The molecule has 3 saturated heterocycles. The normalized spacial score (nSPS) is 40.2. The Morgan fingerprint density at radius 1 is 0.944 bits per heavy atom. The molecule has 3 atom stereocenters. The quantitative estimate of drug-likeness (QED) is 0.763. The molecule has 3 aliphatic heterocycles. The smallest absolute Gasteiger partial charge is 0.0145 e. The Morgan fingerprint density at radius 3 is 2.83 bits per heavy atom. The molecule has 0 spiro atoms. The predicted molar refractivity (Wildman–Crippen MR) is 75.8 cm³/mol. The zero-order valence-corrected chi connectivity index (χ0v) is 11.9. The molecule has 0 bridgehead atoms. The molecule has 3 fully saturated rings. The average molecular weight is 251 g/mol. The molecule has 0 aromatic rings. The minimum atomic E-state index is 0.869. The summed E-state index contributed by atoms with van der Waals surface area (Å²) in [5, 5.41) is 3.54. The van der Waals surface area contributed by atoms with Crippen LogP contribution in [0, 0.1) is 5.92 Å². The van der Waals surface area contributed by atoms with Gasteiger partial charge in [-0.25, -0.2) is 0 Å². The number of hydrogen-bond donors (Lipinski definition) is 1. The first-order chi connectivity index (χ1) is 8.84. The summed E-state index contributed by atoms with van der Waals surface area (Å²) in [6, 6.07) is 1.76. The zero-order chi connectivity index (χ0) is 12.4. The van der Waals surface area contributed by atoms with Crippen molar-refractivity contribution in [3.8, 4) is 0 Å². The van der Waals surface area contributed by atoms with Gasteiger partial charge in [0.05, 0.1) is 0 Å². The fraction of sp³-hybridized carbons (Fsp3) is 1.00. The number of likely N-dealkylation sites (tertiary alicyclic amines) is 2. The molecule has 3 heterocycles. The van der Waals surface area contributed by atoms with Gasteiger partial charge in [-0.1, -0.05) is 0 Å². The van der Waals surface area contributed by atoms with Crippen LogP contribution in [-0.4, -0.2) is 61.7 Å². The van der Waals surface area contributed by atoms with Gasteiger partial charge in [0, 0.05) is 18.6 Å². The van der Waals surface area contributed by atoms with Gasteiger partial charge in [-0.05, 0) is 77.7 Å². The Hall–Kier alpha value is -0.120. The van der Waals surface area contributed by atoms with E-state index in [1.54, 1.807) is 0 Å². The summed E-state index contributed by atoms with van der Waals surface area (Å²) in [7, 11) is 2.34. The summed E-state index contributed by atoms with van der Waals surface area (Å²) < 4.78 is 0. The van der Waals surface area contributed by atoms with Gasteiger partial charge in [0.25, 0.3) is 0 Å². The van der Waals surface area contributed by atoms with E-state index in [4.69, 9.17) is 0 Å². The second-order valence-corrected chi connectivity index (χ2v) is 6.57. The third-order valence-corrected chi connectivity index (χ3v) is 5.44. The van der Waals surface area contributed by atoms with E-state index in [1.165, 1.54) is 71.2 Å². The molecule has 18 heavy (non-hydrogen) atoms. The SMILES string of the molecule is CN1CCCC2CN(C3CCCNCC3)CCC21. The lowest BCUT2D eigenvalue weighted by Crippen LogP contribution is -2.54. The molecule has 0 saturated carbocycles. The van der Waals surface area contributed by atoms with Gasteiger partial charge in [0.1, 0.15) is 0 Å². The first-order valence-electron chi connectivity index (χ1n) is 7.99. The van der Waals surface area contributed by atoms with Crippen LogP contribution >= 0.6 is 0 Å². The van der Waals surface area contributed by atoms with Crippen LogP contribution in [0.15, 0.2) is 0 Å². The molecular weight excluding hydrogens is 222 g/mol. The predicted octanol–water partition coefficient (Wildman–Crippen LogP) is 1.54. The van der Waals surface area contributed by atoms with Crippen LogP contribution < -0.4 is 5.32 Å². The highest BCUT2D eigenvalue weighted by molar-refractivity contribution is 4.91. The fourth-order valence-electron chi connectivity index (χ4n) is 4.38. The highest BCUT2D eigenvalue weighted by Gasteiger charge is 2.36. The summed E-state index contributed by atoms with van der Waals surface area (Å²) in [4.78, 5) is 5.45. The van der Waals surface area contributed by atoms with Crippen LogP contribution in [0.4, 0.5) is 0 Å². The summed E-state index contributed by atoms with van der Waals surface area (Å²) >= 11 is 0. The van der Waals surface area contributed by atoms with E-state index in [1.807, 2.05) is 0 Å². The van der Waals surface area contributed by atoms with Crippen molar-refractivity contribution in [2.75, 3.05) is 39.8 Å². The van der Waals surface area contributed by atoms with Crippen molar-refractivity contribution in [1.82, 2.24) is 15.1 Å². The van der Waals surface area contributed by atoms with Gasteiger partial charge in [0.2, 0.25) is 0 Å². The van der Waals surface area contributed by atoms with E-state index in [9.17, 15) is 0 Å². The standard InChI is InChI=1S/C15H29N3/c1-17-10-3-4-13-12-18(11-7-15(13)17)14-5-2-8-16-9-6-14/h13-16H,2-12H2,1H3. The second-order valence-electron chi connectivity index (χ2n) is 6.57. The molecule has 0 aromatic carbocycles. The number of rotatable bonds is 1. The first-order valence-corrected chi connectivity index (χ1v) is 7.99. The van der Waals surface area contributed by atoms with Crippen molar-refractivity contribution in [3.63, 3.8) is 0 Å². The molecule has 3 unspecified atom stereocenters. The van der Waals surface area contributed by atoms with Gasteiger partial charge in [-0.3, -0.25) is 4.90 Å². The molecule has 1 N–H and O–H groups in total. The van der Waals surface area contributed by atoms with Gasteiger partial charge in [-0.15, -0.1) is 0 Å². The van der Waals surface area contributed by atoms with Gasteiger partial charge >= 0.3 is 0 Å². The number of hydrogen-bond acceptors (Lipinski definition) is 3. The molecular formula is C15H29N3. The lowest BCUT2D eigenvalue weighted by Gasteiger charge is -2.48. The van der Waals surface area contributed by atoms with E-state index in [2.05, 4.69) is 22.2 Å². The maximum atomic E-state index is 3.54. The Kier molecular flexibility index (Phi) is 4.22. The Labute approximate surface area is 112 Å². The molecule has 0 radical (unpaired) electrons. The molecule has 3 rings (SSSR count). The van der Waals surface area contributed by atoms with Crippen molar-refractivity contribution < 1.29 is 0 Å². The summed E-state index contributed by atoms with van der Waals surface area (Å²) in [5.41, 5.74) is 0. The third-order valence-electron chi connectivity index (χ3n) is 5.44. The molecule has 0 amide bonds. The first kappa shape index (κ1) is 12.9. The second kappa shape index (κ2) is 5.89. The lowest BCUT2D eigenvalue weighted by molar-refractivity contribution is 0.0177. The van der Waals surface area contributed by atoms with E-state index < -0.39 is 0 Å². The van der Waals surface area contributed by atoms with E-state index >= 15 is 0 Å². The topological polar surface area (TPSA) is 18.5 Å². The Morgan fingerprint density at radius 2 is 1.89 bits per heavy atom. The van der Waals surface area contributed by atoms with Crippen LogP contribution in [0.2, 0.25) is 0 Å². The van der Waals surface area contributed by atoms with Crippen LogP contribution in [-0.2, 0) is 0 Å². The molecule has 3 heteroatoms. The van der Waals surface area contributed by atoms with Gasteiger partial charge in [-0.2, -0.15) is 0 Å². The van der Waals surface area contributed by atoms with Crippen molar-refractivity contribution in [2.24, 2.45) is 5.92 Å². The van der Waals surface area contributed by atoms with Crippen molar-refractivity contribution in [2.45, 2.75) is 50.6 Å². The minimum Gasteiger partial charge on any atom is -0.317 e. The minimum absolute atomic E-state index is 0.869. The number of nitrogens with zero attached hydrogens (tertiary/aromatic N) is 2. The monoisotopic (exact) mass is 251 g/mol. The zero-order valence-electron chi connectivity index (χ0n) is 11.9. The largest absolute Gasteiger partial charge is 0.317 e. The number of piperidine rings is 2. The molecule has 3 nitrogen and oxygen atoms in total. The van der Waals surface area contributed by atoms with Gasteiger partial charge in [0.15, 0.2) is 0 Å². The number of fused-ring (bicyclic) bond motifs is 1. The van der Waals surface area contributed by atoms with E-state index in [0.29, 0.717) is 0 Å². The van der Waals surface area contributed by atoms with Crippen molar-refractivity contribution >= 4 is 0 Å². The average Bonchev–Trinajstić information content (AvgIpc) is 2.67. The van der Waals surface area contributed by atoms with Gasteiger partial charge < -0.3 is 10.2 Å². The van der Waals surface area contributed by atoms with Crippen LogP contribution in [0.3, 0.4) is 0 Å². The summed E-state index contributed by atoms with van der Waals surface area (Å²) in [5.74, 6) is 0.953. The fourth-order valence-corrected chi connectivity index (χ4v) is 4.38. The lowest BCUT2D eigenvalue weighted by atomic mass is 9.83. The maximum absolute atomic E-state index is 3.54. The van der Waals surface area contributed by atoms with Crippen molar-refractivity contribution in [1.29, 1.82) is 0 Å². The van der Waals surface area contributed by atoms with Crippen LogP contribution in [0.25, 0.3) is 0 Å². The maximum Gasteiger partial charge on any atom is 0.0145 e. The van der Waals surface area contributed by atoms with Crippen molar-refractivity contribution in [3.05, 3.63) is 0 Å². The van der Waals surface area contributed by atoms with E-state index in [-0.39, 0.29) is 0 Å². The number of nitrogens with one attached hydrogen (secondary N) is 1. The highest BCUT2D eigenvalue weighted by Crippen LogP contribution is 2.31.